The van der Waals surface area contributed by atoms with Gasteiger partial charge in [0.05, 0.1) is 12.8 Å². The van der Waals surface area contributed by atoms with Crippen LogP contribution in [0.15, 0.2) is 18.2 Å². The second-order valence-corrected chi connectivity index (χ2v) is 5.01. The van der Waals surface area contributed by atoms with Gasteiger partial charge in [0.25, 0.3) is 0 Å². The van der Waals surface area contributed by atoms with E-state index < -0.39 is 0 Å². The number of carbonyl (C=O) groups is 1. The highest BCUT2D eigenvalue weighted by molar-refractivity contribution is 7.13. The topological polar surface area (TPSA) is 39.2 Å². The lowest BCUT2D eigenvalue weighted by molar-refractivity contribution is 0.112. The Bertz CT molecular complexity index is 561. The van der Waals surface area contributed by atoms with Gasteiger partial charge < -0.3 is 4.74 Å². The largest absolute Gasteiger partial charge is 0.496 e. The second-order valence-electron chi connectivity index (χ2n) is 3.78. The van der Waals surface area contributed by atoms with E-state index in [-0.39, 0.29) is 0 Å². The predicted octanol–water partition coefficient (Wildman–Crippen LogP) is 3.25. The Balaban J connectivity index is 2.61. The van der Waals surface area contributed by atoms with Gasteiger partial charge in [-0.25, -0.2) is 4.98 Å². The summed E-state index contributed by atoms with van der Waals surface area (Å²) >= 11 is 1.40. The molecule has 1 aromatic carbocycles. The van der Waals surface area contributed by atoms with Crippen molar-refractivity contribution in [3.05, 3.63) is 33.6 Å². The van der Waals surface area contributed by atoms with E-state index in [9.17, 15) is 4.79 Å². The summed E-state index contributed by atoms with van der Waals surface area (Å²) in [5, 5.41) is 0.501. The van der Waals surface area contributed by atoms with Gasteiger partial charge >= 0.3 is 0 Å². The molecule has 17 heavy (non-hydrogen) atoms. The highest BCUT2D eigenvalue weighted by atomic mass is 32.1. The molecule has 0 bridgehead atoms. The Morgan fingerprint density at radius 1 is 1.35 bits per heavy atom. The number of carbonyl (C=O) groups excluding carboxylic acids is 1. The minimum Gasteiger partial charge on any atom is -0.496 e. The van der Waals surface area contributed by atoms with E-state index in [2.05, 4.69) is 4.98 Å². The number of aldehydes is 1. The summed E-state index contributed by atoms with van der Waals surface area (Å²) < 4.78 is 5.33. The lowest BCUT2D eigenvalue weighted by Crippen LogP contribution is -1.90. The number of aromatic nitrogens is 1. The minimum atomic E-state index is 0.501. The van der Waals surface area contributed by atoms with Crippen LogP contribution >= 0.6 is 11.3 Å². The molecule has 1 heterocycles. The first-order valence-corrected chi connectivity index (χ1v) is 6.05. The number of hydrogen-bond donors (Lipinski definition) is 0. The molecule has 0 aliphatic heterocycles. The summed E-state index contributed by atoms with van der Waals surface area (Å²) in [6.07, 6.45) is 0.781. The Labute approximate surface area is 104 Å². The molecular formula is C13H13NO2S. The predicted molar refractivity (Wildman–Crippen MR) is 69.0 cm³/mol. The number of benzene rings is 1. The third-order valence-corrected chi connectivity index (χ3v) is 3.42. The average Bonchev–Trinajstić information content (AvgIpc) is 2.70. The number of rotatable bonds is 3. The summed E-state index contributed by atoms with van der Waals surface area (Å²) in [4.78, 5) is 16.1. The van der Waals surface area contributed by atoms with E-state index in [0.29, 0.717) is 5.01 Å². The Kier molecular flexibility index (Phi) is 3.24. The molecule has 0 amide bonds. The van der Waals surface area contributed by atoms with E-state index >= 15 is 0 Å². The molecule has 88 valence electrons. The van der Waals surface area contributed by atoms with Crippen molar-refractivity contribution in [2.75, 3.05) is 7.11 Å². The van der Waals surface area contributed by atoms with Gasteiger partial charge in [0.15, 0.2) is 11.3 Å². The van der Waals surface area contributed by atoms with Crippen molar-refractivity contribution in [3.8, 4) is 17.0 Å². The first kappa shape index (κ1) is 11.8. The maximum atomic E-state index is 10.7. The van der Waals surface area contributed by atoms with Gasteiger partial charge in [0.1, 0.15) is 5.75 Å². The molecule has 0 spiro atoms. The third kappa shape index (κ3) is 2.22. The highest BCUT2D eigenvalue weighted by Crippen LogP contribution is 2.34. The fraction of sp³-hybridized carbons (Fsp3) is 0.231. The normalized spacial score (nSPS) is 10.3. The molecular weight excluding hydrogens is 234 g/mol. The summed E-state index contributed by atoms with van der Waals surface area (Å²) in [7, 11) is 1.64. The Hall–Kier alpha value is -1.68. The molecule has 3 nitrogen and oxygen atoms in total. The summed E-state index contributed by atoms with van der Waals surface area (Å²) in [5.41, 5.74) is 2.91. The number of ether oxygens (including phenoxy) is 1. The zero-order chi connectivity index (χ0) is 12.4. The average molecular weight is 247 g/mol. The van der Waals surface area contributed by atoms with Gasteiger partial charge in [0.2, 0.25) is 0 Å². The highest BCUT2D eigenvalue weighted by Gasteiger charge is 2.13. The second kappa shape index (κ2) is 4.67. The van der Waals surface area contributed by atoms with Gasteiger partial charge in [-0.2, -0.15) is 0 Å². The van der Waals surface area contributed by atoms with Gasteiger partial charge in [0, 0.05) is 10.4 Å². The van der Waals surface area contributed by atoms with E-state index in [0.717, 1.165) is 33.7 Å². The molecule has 0 aliphatic rings. The molecule has 2 aromatic rings. The van der Waals surface area contributed by atoms with Crippen LogP contribution in [0.5, 0.6) is 5.75 Å². The van der Waals surface area contributed by atoms with Crippen LogP contribution in [0, 0.1) is 13.8 Å². The summed E-state index contributed by atoms with van der Waals surface area (Å²) in [6.45, 7) is 3.98. The molecule has 0 saturated heterocycles. The van der Waals surface area contributed by atoms with Gasteiger partial charge in [-0.05, 0) is 26.0 Å². The monoisotopic (exact) mass is 247 g/mol. The van der Waals surface area contributed by atoms with Gasteiger partial charge in [-0.15, -0.1) is 11.3 Å². The standard InChI is InChI=1S/C13H13NO2S/c1-8-4-5-11(16-3)10(6-8)13-9(2)17-12(7-15)14-13/h4-7H,1-3H3. The first-order chi connectivity index (χ1) is 8.15. The van der Waals surface area contributed by atoms with Crippen molar-refractivity contribution >= 4 is 17.6 Å². The number of nitrogens with zero attached hydrogens (tertiary/aromatic N) is 1. The zero-order valence-corrected chi connectivity index (χ0v) is 10.8. The van der Waals surface area contributed by atoms with Crippen LogP contribution in [0.4, 0.5) is 0 Å². The lowest BCUT2D eigenvalue weighted by atomic mass is 10.1. The van der Waals surface area contributed by atoms with Crippen molar-refractivity contribution < 1.29 is 9.53 Å². The van der Waals surface area contributed by atoms with Crippen LogP contribution < -0.4 is 4.74 Å². The van der Waals surface area contributed by atoms with Gasteiger partial charge in [-0.1, -0.05) is 11.6 Å². The molecule has 0 fully saturated rings. The van der Waals surface area contributed by atoms with Crippen LogP contribution in [-0.2, 0) is 0 Å². The minimum absolute atomic E-state index is 0.501. The van der Waals surface area contributed by atoms with Crippen molar-refractivity contribution in [2.24, 2.45) is 0 Å². The molecule has 0 saturated carbocycles. The molecule has 2 rings (SSSR count). The smallest absolute Gasteiger partial charge is 0.178 e. The molecule has 0 atom stereocenters. The zero-order valence-electron chi connectivity index (χ0n) is 9.98. The molecule has 0 N–H and O–H groups in total. The van der Waals surface area contributed by atoms with E-state index in [4.69, 9.17) is 4.74 Å². The molecule has 4 heteroatoms. The van der Waals surface area contributed by atoms with Crippen molar-refractivity contribution in [1.29, 1.82) is 0 Å². The quantitative estimate of drug-likeness (QED) is 0.781. The van der Waals surface area contributed by atoms with Crippen LogP contribution in [0.25, 0.3) is 11.3 Å². The molecule has 1 aromatic heterocycles. The van der Waals surface area contributed by atoms with E-state index in [1.165, 1.54) is 11.3 Å². The number of thiazole rings is 1. The van der Waals surface area contributed by atoms with E-state index in [1.807, 2.05) is 32.0 Å². The molecule has 0 aliphatic carbocycles. The summed E-state index contributed by atoms with van der Waals surface area (Å²) in [6, 6.07) is 5.93. The van der Waals surface area contributed by atoms with Crippen molar-refractivity contribution in [2.45, 2.75) is 13.8 Å². The van der Waals surface area contributed by atoms with Crippen LogP contribution in [0.3, 0.4) is 0 Å². The van der Waals surface area contributed by atoms with Crippen molar-refractivity contribution in [3.63, 3.8) is 0 Å². The first-order valence-electron chi connectivity index (χ1n) is 5.23. The SMILES string of the molecule is COc1ccc(C)cc1-c1nc(C=O)sc1C. The third-order valence-electron chi connectivity index (χ3n) is 2.52. The summed E-state index contributed by atoms with van der Waals surface area (Å²) in [5.74, 6) is 0.779. The van der Waals surface area contributed by atoms with Gasteiger partial charge in [-0.3, -0.25) is 4.79 Å². The maximum absolute atomic E-state index is 10.7. The number of aryl methyl sites for hydroxylation is 2. The van der Waals surface area contributed by atoms with Crippen LogP contribution in [-0.4, -0.2) is 18.4 Å². The fourth-order valence-corrected chi connectivity index (χ4v) is 2.48. The molecule has 0 radical (unpaired) electrons. The molecule has 0 unspecified atom stereocenters. The Morgan fingerprint density at radius 3 is 2.71 bits per heavy atom. The van der Waals surface area contributed by atoms with Crippen LogP contribution in [0.1, 0.15) is 20.2 Å². The Morgan fingerprint density at radius 2 is 2.12 bits per heavy atom. The lowest BCUT2D eigenvalue weighted by Gasteiger charge is -2.08. The maximum Gasteiger partial charge on any atom is 0.178 e. The number of methoxy groups -OCH3 is 1. The van der Waals surface area contributed by atoms with Crippen LogP contribution in [0.2, 0.25) is 0 Å². The van der Waals surface area contributed by atoms with Crippen molar-refractivity contribution in [1.82, 2.24) is 4.98 Å². The fourth-order valence-electron chi connectivity index (χ4n) is 1.72. The number of hydrogen-bond acceptors (Lipinski definition) is 4. The van der Waals surface area contributed by atoms with E-state index in [1.54, 1.807) is 7.11 Å².